The largest absolute Gasteiger partial charge is 0.456 e. The average Bonchev–Trinajstić information content (AvgIpc) is 2.86. The zero-order valence-corrected chi connectivity index (χ0v) is 50.2. The molecular weight excluding hydrogens is 958 g/mol. The third-order valence-electron chi connectivity index (χ3n) is 22.8. The molecule has 0 saturated heterocycles. The molecule has 15 rings (SSSR count). The second-order valence-corrected chi connectivity index (χ2v) is 30.5. The minimum atomic E-state index is -0.138. The Bertz CT molecular complexity index is 3990. The minimum Gasteiger partial charge on any atom is -0.456 e. The predicted octanol–water partition coefficient (Wildman–Crippen LogP) is 18.4. The van der Waals surface area contributed by atoms with E-state index in [0.29, 0.717) is 0 Å². The lowest BCUT2D eigenvalue weighted by molar-refractivity contribution is 0.195. The van der Waals surface area contributed by atoms with E-state index in [1.54, 1.807) is 0 Å². The van der Waals surface area contributed by atoms with Crippen LogP contribution in [0.25, 0.3) is 21.9 Å². The second-order valence-electron chi connectivity index (χ2n) is 30.5. The molecule has 1 fully saturated rings. The van der Waals surface area contributed by atoms with E-state index in [9.17, 15) is 0 Å². The predicted molar refractivity (Wildman–Crippen MR) is 337 cm³/mol. The summed E-state index contributed by atoms with van der Waals surface area (Å²) in [4.78, 5) is 8.39. The van der Waals surface area contributed by atoms with Crippen molar-refractivity contribution in [2.24, 2.45) is 0 Å². The van der Waals surface area contributed by atoms with Crippen molar-refractivity contribution in [1.82, 2.24) is 0 Å². The van der Waals surface area contributed by atoms with Gasteiger partial charge in [-0.15, -0.1) is 0 Å². The second kappa shape index (κ2) is 15.6. The fraction of sp³-hybridized carbons (Fsp3) is 0.432. The Morgan fingerprint density at radius 2 is 0.899 bits per heavy atom. The molecule has 0 spiro atoms. The number of anilines is 8. The Hall–Kier alpha value is -6.20. The van der Waals surface area contributed by atoms with Gasteiger partial charge in [0.15, 0.2) is 0 Å². The summed E-state index contributed by atoms with van der Waals surface area (Å²) < 4.78 is 6.63. The fourth-order valence-electron chi connectivity index (χ4n) is 18.1. The summed E-state index contributed by atoms with van der Waals surface area (Å²) in [5.41, 5.74) is 28.4. The monoisotopic (exact) mass is 1040 g/mol. The molecule has 8 aromatic rings. The van der Waals surface area contributed by atoms with Crippen molar-refractivity contribution in [1.29, 1.82) is 0 Å². The topological polar surface area (TPSA) is 22.9 Å². The van der Waals surface area contributed by atoms with Gasteiger partial charge in [-0.05, 0) is 213 Å². The van der Waals surface area contributed by atoms with Gasteiger partial charge in [-0.25, -0.2) is 0 Å². The van der Waals surface area contributed by atoms with Gasteiger partial charge in [0, 0.05) is 61.7 Å². The molecule has 0 amide bonds. The lowest BCUT2D eigenvalue weighted by atomic mass is 9.32. The van der Waals surface area contributed by atoms with Crippen LogP contribution in [0.15, 0.2) is 120 Å². The van der Waals surface area contributed by atoms with Gasteiger partial charge in [0.05, 0.1) is 5.54 Å². The summed E-state index contributed by atoms with van der Waals surface area (Å²) in [6.45, 7) is 37.7. The van der Waals surface area contributed by atoms with E-state index in [0.717, 1.165) is 54.0 Å². The van der Waals surface area contributed by atoms with Gasteiger partial charge in [-0.1, -0.05) is 157 Å². The molecule has 0 radical (unpaired) electrons. The van der Waals surface area contributed by atoms with Gasteiger partial charge in [0.2, 0.25) is 0 Å². The molecule has 4 aliphatic carbocycles. The lowest BCUT2D eigenvalue weighted by Gasteiger charge is -2.51. The molecule has 1 aromatic heterocycles. The molecule has 79 heavy (non-hydrogen) atoms. The van der Waals surface area contributed by atoms with E-state index < -0.39 is 0 Å². The van der Waals surface area contributed by atoms with Crippen LogP contribution in [0.4, 0.5) is 45.5 Å². The highest BCUT2D eigenvalue weighted by atomic mass is 16.3. The maximum atomic E-state index is 6.63. The maximum absolute atomic E-state index is 6.63. The first kappa shape index (κ1) is 49.8. The molecule has 0 N–H and O–H groups in total. The Morgan fingerprint density at radius 1 is 0.392 bits per heavy atom. The van der Waals surface area contributed by atoms with Gasteiger partial charge in [-0.3, -0.25) is 0 Å². The zero-order chi connectivity index (χ0) is 55.1. The van der Waals surface area contributed by atoms with Crippen LogP contribution in [0.3, 0.4) is 0 Å². The van der Waals surface area contributed by atoms with Crippen LogP contribution in [0.2, 0.25) is 0 Å². The summed E-state index contributed by atoms with van der Waals surface area (Å²) in [6, 6.07) is 46.7. The SMILES string of the molecule is Cc1cc2c(cc1N1c3cc4c(cc3B3c5cc6c(cc5N(c5ccc7oc8ccccc8c7c5)c5cc(N7c8ccccc8C8(C)CCCCC78C)cc1c53)C(C)(C)CCC6(C)C)C(C)(C)CCC4(C)C)C(C)(C)CC2(C)C. The van der Waals surface area contributed by atoms with Gasteiger partial charge < -0.3 is 19.1 Å². The van der Waals surface area contributed by atoms with E-state index in [-0.39, 0.29) is 50.2 Å². The van der Waals surface area contributed by atoms with Crippen molar-refractivity contribution in [3.8, 4) is 0 Å². The summed E-state index contributed by atoms with van der Waals surface area (Å²) in [5.74, 6) is 0. The van der Waals surface area contributed by atoms with Crippen LogP contribution >= 0.6 is 0 Å². The molecule has 2 unspecified atom stereocenters. The molecule has 4 nitrogen and oxygen atoms in total. The number of hydrogen-bond acceptors (Lipinski definition) is 4. The molecule has 7 aliphatic rings. The number of hydrogen-bond donors (Lipinski definition) is 0. The first-order valence-electron chi connectivity index (χ1n) is 30.4. The van der Waals surface area contributed by atoms with Crippen molar-refractivity contribution in [3.05, 3.63) is 160 Å². The van der Waals surface area contributed by atoms with Crippen LogP contribution in [0.1, 0.15) is 199 Å². The highest BCUT2D eigenvalue weighted by molar-refractivity contribution is 7.00. The zero-order valence-electron chi connectivity index (χ0n) is 50.2. The molecule has 402 valence electrons. The standard InChI is InChI=1S/C74H82BN3O/c1-44-34-50-55(72(12,13)43-71(50,10)11)40-59(44)77-61-42-54-52(68(4,5)31-33-70(54,8)9)39-57(61)75-56-38-51-53(69(6,7)32-30-67(51,2)3)41-60(56)76(45-26-27-65-48(35-45)47-22-16-19-25-64(47)79-65)62-36-46(37-63(77)66(62)75)78-58-24-18-17-23-49(58)73(14)28-20-21-29-74(73,78)15/h16-19,22-27,34-42H,20-21,28-33,43H2,1-15H3. The van der Waals surface area contributed by atoms with Crippen molar-refractivity contribution < 1.29 is 4.42 Å². The van der Waals surface area contributed by atoms with Crippen molar-refractivity contribution in [2.75, 3.05) is 14.7 Å². The summed E-state index contributed by atoms with van der Waals surface area (Å²) >= 11 is 0. The summed E-state index contributed by atoms with van der Waals surface area (Å²) in [5, 5.41) is 2.31. The number of nitrogens with zero attached hydrogens (tertiary/aromatic N) is 3. The van der Waals surface area contributed by atoms with Crippen molar-refractivity contribution in [2.45, 2.75) is 205 Å². The number of para-hydroxylation sites is 2. The summed E-state index contributed by atoms with van der Waals surface area (Å²) in [6.07, 6.45) is 10.6. The van der Waals surface area contributed by atoms with E-state index in [1.807, 2.05) is 0 Å². The van der Waals surface area contributed by atoms with Gasteiger partial charge in [-0.2, -0.15) is 0 Å². The molecule has 1 saturated carbocycles. The smallest absolute Gasteiger partial charge is 0.252 e. The third kappa shape index (κ3) is 6.57. The van der Waals surface area contributed by atoms with Crippen LogP contribution in [-0.2, 0) is 37.9 Å². The van der Waals surface area contributed by atoms with Gasteiger partial charge >= 0.3 is 0 Å². The lowest BCUT2D eigenvalue weighted by Crippen LogP contribution is -2.62. The van der Waals surface area contributed by atoms with E-state index >= 15 is 0 Å². The van der Waals surface area contributed by atoms with E-state index in [2.05, 4.69) is 234 Å². The number of benzene rings is 7. The van der Waals surface area contributed by atoms with E-state index in [4.69, 9.17) is 4.42 Å². The molecule has 0 bridgehead atoms. The van der Waals surface area contributed by atoms with Gasteiger partial charge in [0.25, 0.3) is 6.71 Å². The Labute approximate surface area is 472 Å². The first-order chi connectivity index (χ1) is 37.2. The Balaban J connectivity index is 1.12. The molecular formula is C74H82BN3O. The number of aryl methyl sites for hydroxylation is 1. The van der Waals surface area contributed by atoms with Gasteiger partial charge in [0.1, 0.15) is 11.2 Å². The highest BCUT2D eigenvalue weighted by Gasteiger charge is 2.58. The molecule has 5 heteroatoms. The van der Waals surface area contributed by atoms with Crippen molar-refractivity contribution in [3.63, 3.8) is 0 Å². The minimum absolute atomic E-state index is 0.00619. The molecule has 4 heterocycles. The van der Waals surface area contributed by atoms with E-state index in [1.165, 1.54) is 132 Å². The summed E-state index contributed by atoms with van der Waals surface area (Å²) in [7, 11) is 0. The Kier molecular flexibility index (Phi) is 9.85. The maximum Gasteiger partial charge on any atom is 0.252 e. The highest BCUT2D eigenvalue weighted by Crippen LogP contribution is 2.63. The Morgan fingerprint density at radius 3 is 1.54 bits per heavy atom. The first-order valence-corrected chi connectivity index (χ1v) is 30.4. The van der Waals surface area contributed by atoms with Crippen LogP contribution < -0.4 is 31.1 Å². The quantitative estimate of drug-likeness (QED) is 0.165. The number of rotatable bonds is 3. The van der Waals surface area contributed by atoms with Crippen LogP contribution in [0, 0.1) is 6.92 Å². The number of furan rings is 1. The average molecular weight is 1040 g/mol. The molecule has 3 aliphatic heterocycles. The van der Waals surface area contributed by atoms with Crippen molar-refractivity contribution >= 4 is 90.5 Å². The molecule has 7 aromatic carbocycles. The fourth-order valence-corrected chi connectivity index (χ4v) is 18.1. The normalized spacial score (nSPS) is 24.5. The molecule has 2 atom stereocenters. The van der Waals surface area contributed by atoms with Crippen LogP contribution in [0.5, 0.6) is 0 Å². The third-order valence-corrected chi connectivity index (χ3v) is 22.8. The number of fused-ring (bicyclic) bond motifs is 13. The van der Waals surface area contributed by atoms with Crippen LogP contribution in [-0.4, -0.2) is 12.3 Å².